The topological polar surface area (TPSA) is 78.4 Å². The number of carbonyl (C=O) groups is 1. The van der Waals surface area contributed by atoms with Crippen LogP contribution in [0.3, 0.4) is 0 Å². The van der Waals surface area contributed by atoms with E-state index in [2.05, 4.69) is 15.3 Å². The van der Waals surface area contributed by atoms with Gasteiger partial charge in [-0.2, -0.15) is 0 Å². The Bertz CT molecular complexity index is 357. The summed E-state index contributed by atoms with van der Waals surface area (Å²) in [4.78, 5) is 19.5. The van der Waals surface area contributed by atoms with E-state index in [0.717, 1.165) is 4.90 Å². The lowest BCUT2D eigenvalue weighted by Crippen LogP contribution is -2.38. The van der Waals surface area contributed by atoms with Crippen molar-refractivity contribution in [3.05, 3.63) is 18.6 Å². The van der Waals surface area contributed by atoms with Crippen LogP contribution in [0.4, 0.5) is 10.6 Å². The molecule has 2 N–H and O–H groups in total. The zero-order valence-electron chi connectivity index (χ0n) is 8.04. The van der Waals surface area contributed by atoms with Gasteiger partial charge in [-0.25, -0.2) is 9.78 Å². The van der Waals surface area contributed by atoms with Crippen molar-refractivity contribution in [1.29, 1.82) is 0 Å². The number of nitrogens with zero attached hydrogens (tertiary/aromatic N) is 3. The van der Waals surface area contributed by atoms with Crippen molar-refractivity contribution in [2.24, 2.45) is 0 Å². The Morgan fingerprint density at radius 3 is 2.87 bits per heavy atom. The molecule has 0 bridgehead atoms. The van der Waals surface area contributed by atoms with Crippen LogP contribution in [0, 0.1) is 0 Å². The van der Waals surface area contributed by atoms with Crippen LogP contribution in [-0.2, 0) is 0 Å². The highest BCUT2D eigenvalue weighted by atomic mass is 32.1. The average molecular weight is 226 g/mol. The van der Waals surface area contributed by atoms with Crippen molar-refractivity contribution in [2.45, 2.75) is 6.92 Å². The lowest BCUT2D eigenvalue weighted by molar-refractivity contribution is 0.171. The number of amides is 1. The van der Waals surface area contributed by atoms with Crippen molar-refractivity contribution >= 4 is 29.2 Å². The fourth-order valence-electron chi connectivity index (χ4n) is 0.906. The van der Waals surface area contributed by atoms with E-state index >= 15 is 0 Å². The Morgan fingerprint density at radius 2 is 2.40 bits per heavy atom. The molecular weight excluding hydrogens is 216 g/mol. The van der Waals surface area contributed by atoms with Crippen LogP contribution in [0.2, 0.25) is 0 Å². The smallest absolute Gasteiger partial charge is 0.413 e. The number of hydrogen-bond donors (Lipinski definition) is 2. The fourth-order valence-corrected chi connectivity index (χ4v) is 1.22. The molecule has 80 valence electrons. The van der Waals surface area contributed by atoms with Crippen molar-refractivity contribution < 1.29 is 9.90 Å². The molecule has 0 atom stereocenters. The molecule has 1 heterocycles. The number of nitrogens with one attached hydrogen (secondary N) is 1. The lowest BCUT2D eigenvalue weighted by atomic mass is 10.6. The molecule has 0 saturated carbocycles. The van der Waals surface area contributed by atoms with E-state index in [1.54, 1.807) is 6.92 Å². The van der Waals surface area contributed by atoms with Gasteiger partial charge >= 0.3 is 6.09 Å². The third-order valence-electron chi connectivity index (χ3n) is 1.59. The SMILES string of the molecule is CCN(C(=O)O)C(=S)Nc1cnccn1. The summed E-state index contributed by atoms with van der Waals surface area (Å²) in [6, 6.07) is 0. The maximum atomic E-state index is 10.7. The Balaban J connectivity index is 2.66. The van der Waals surface area contributed by atoms with Crippen molar-refractivity contribution in [1.82, 2.24) is 14.9 Å². The first-order chi connectivity index (χ1) is 7.15. The van der Waals surface area contributed by atoms with Gasteiger partial charge in [0.05, 0.1) is 6.20 Å². The Hall–Kier alpha value is -1.76. The summed E-state index contributed by atoms with van der Waals surface area (Å²) < 4.78 is 0. The number of thiocarbonyl (C=S) groups is 1. The minimum absolute atomic E-state index is 0.0884. The van der Waals surface area contributed by atoms with Gasteiger partial charge in [0.2, 0.25) is 0 Å². The second kappa shape index (κ2) is 5.20. The monoisotopic (exact) mass is 226 g/mol. The van der Waals surface area contributed by atoms with Crippen LogP contribution >= 0.6 is 12.2 Å². The predicted octanol–water partition coefficient (Wildman–Crippen LogP) is 1.17. The van der Waals surface area contributed by atoms with Gasteiger partial charge in [-0.1, -0.05) is 0 Å². The number of rotatable bonds is 2. The van der Waals surface area contributed by atoms with E-state index in [9.17, 15) is 4.79 Å². The molecule has 0 fully saturated rings. The number of carboxylic acid groups (broad SMARTS) is 1. The molecule has 0 aliphatic rings. The number of anilines is 1. The summed E-state index contributed by atoms with van der Waals surface area (Å²) in [5.41, 5.74) is 0. The summed E-state index contributed by atoms with van der Waals surface area (Å²) >= 11 is 4.90. The van der Waals surface area contributed by atoms with Crippen LogP contribution in [-0.4, -0.2) is 37.7 Å². The molecule has 0 aromatic carbocycles. The summed E-state index contributed by atoms with van der Waals surface area (Å²) in [7, 11) is 0. The molecule has 1 aromatic heterocycles. The van der Waals surface area contributed by atoms with Crippen molar-refractivity contribution in [3.8, 4) is 0 Å². The Labute approximate surface area is 92.0 Å². The molecule has 0 aliphatic carbocycles. The van der Waals surface area contributed by atoms with Crippen LogP contribution in [0.5, 0.6) is 0 Å². The minimum atomic E-state index is -1.10. The van der Waals surface area contributed by atoms with Gasteiger partial charge in [-0.05, 0) is 19.1 Å². The molecule has 0 aliphatic heterocycles. The third kappa shape index (κ3) is 3.13. The van der Waals surface area contributed by atoms with E-state index in [1.807, 2.05) is 0 Å². The molecule has 7 heteroatoms. The average Bonchev–Trinajstić information content (AvgIpc) is 2.19. The van der Waals surface area contributed by atoms with Crippen molar-refractivity contribution in [3.63, 3.8) is 0 Å². The Morgan fingerprint density at radius 1 is 1.67 bits per heavy atom. The molecule has 0 unspecified atom stereocenters. The summed E-state index contributed by atoms with van der Waals surface area (Å²) in [6.07, 6.45) is 3.37. The highest BCUT2D eigenvalue weighted by Gasteiger charge is 2.14. The van der Waals surface area contributed by atoms with Gasteiger partial charge in [0, 0.05) is 18.9 Å². The second-order valence-electron chi connectivity index (χ2n) is 2.55. The predicted molar refractivity (Wildman–Crippen MR) is 58.7 cm³/mol. The highest BCUT2D eigenvalue weighted by molar-refractivity contribution is 7.80. The van der Waals surface area contributed by atoms with Gasteiger partial charge < -0.3 is 10.4 Å². The Kier molecular flexibility index (Phi) is 3.92. The summed E-state index contributed by atoms with van der Waals surface area (Å²) in [6.45, 7) is 1.97. The van der Waals surface area contributed by atoms with E-state index in [4.69, 9.17) is 17.3 Å². The molecule has 6 nitrogen and oxygen atoms in total. The van der Waals surface area contributed by atoms with Gasteiger partial charge in [0.25, 0.3) is 0 Å². The van der Waals surface area contributed by atoms with Crippen LogP contribution in [0.15, 0.2) is 18.6 Å². The normalized spacial score (nSPS) is 9.40. The first-order valence-electron chi connectivity index (χ1n) is 4.22. The van der Waals surface area contributed by atoms with E-state index in [1.165, 1.54) is 18.6 Å². The first kappa shape index (κ1) is 11.3. The van der Waals surface area contributed by atoms with Gasteiger partial charge in [0.15, 0.2) is 10.9 Å². The standard InChI is InChI=1S/C8H10N4O2S/c1-2-12(8(13)14)7(15)11-6-5-9-3-4-10-6/h3-5H,2H2,1H3,(H,13,14)(H,10,11,15). The second-order valence-corrected chi connectivity index (χ2v) is 2.93. The largest absolute Gasteiger partial charge is 0.465 e. The lowest BCUT2D eigenvalue weighted by Gasteiger charge is -2.18. The van der Waals surface area contributed by atoms with Gasteiger partial charge in [-0.3, -0.25) is 9.88 Å². The minimum Gasteiger partial charge on any atom is -0.465 e. The zero-order chi connectivity index (χ0) is 11.3. The first-order valence-corrected chi connectivity index (χ1v) is 4.63. The maximum Gasteiger partial charge on any atom is 0.413 e. The quantitative estimate of drug-likeness (QED) is 0.737. The van der Waals surface area contributed by atoms with E-state index in [0.29, 0.717) is 5.82 Å². The van der Waals surface area contributed by atoms with Crippen LogP contribution < -0.4 is 5.32 Å². The molecule has 0 radical (unpaired) electrons. The van der Waals surface area contributed by atoms with E-state index < -0.39 is 6.09 Å². The molecule has 1 amide bonds. The maximum absolute atomic E-state index is 10.7. The van der Waals surface area contributed by atoms with Gasteiger partial charge in [-0.15, -0.1) is 0 Å². The molecular formula is C8H10N4O2S. The zero-order valence-corrected chi connectivity index (χ0v) is 8.86. The van der Waals surface area contributed by atoms with Crippen molar-refractivity contribution in [2.75, 3.05) is 11.9 Å². The molecule has 1 aromatic rings. The number of aromatic nitrogens is 2. The summed E-state index contributed by atoms with van der Waals surface area (Å²) in [5.74, 6) is 0.419. The summed E-state index contributed by atoms with van der Waals surface area (Å²) in [5, 5.41) is 11.5. The number of hydrogen-bond acceptors (Lipinski definition) is 4. The van der Waals surface area contributed by atoms with Gasteiger partial charge in [0.1, 0.15) is 0 Å². The fraction of sp³-hybridized carbons (Fsp3) is 0.250. The molecule has 15 heavy (non-hydrogen) atoms. The molecule has 0 spiro atoms. The van der Waals surface area contributed by atoms with Crippen LogP contribution in [0.25, 0.3) is 0 Å². The highest BCUT2D eigenvalue weighted by Crippen LogP contribution is 2.01. The molecule has 0 saturated heterocycles. The van der Waals surface area contributed by atoms with Crippen LogP contribution in [0.1, 0.15) is 6.92 Å². The third-order valence-corrected chi connectivity index (χ3v) is 1.91. The molecule has 1 rings (SSSR count). The van der Waals surface area contributed by atoms with E-state index in [-0.39, 0.29) is 11.7 Å².